The van der Waals surface area contributed by atoms with E-state index in [1.54, 1.807) is 30.5 Å². The van der Waals surface area contributed by atoms with E-state index in [4.69, 9.17) is 10.5 Å². The number of aromatic nitrogens is 2. The maximum atomic E-state index is 11.9. The molecule has 20 heavy (non-hydrogen) atoms. The van der Waals surface area contributed by atoms with Gasteiger partial charge >= 0.3 is 0 Å². The molecule has 3 rings (SSSR count). The number of pyridine rings is 1. The zero-order valence-corrected chi connectivity index (χ0v) is 10.7. The highest BCUT2D eigenvalue weighted by molar-refractivity contribution is 5.51. The van der Waals surface area contributed by atoms with Gasteiger partial charge in [-0.1, -0.05) is 18.2 Å². The normalized spacial score (nSPS) is 10.6. The van der Waals surface area contributed by atoms with Crippen LogP contribution in [0.5, 0.6) is 5.75 Å². The predicted molar refractivity (Wildman–Crippen MR) is 76.6 cm³/mol. The molecule has 0 bridgehead atoms. The van der Waals surface area contributed by atoms with Crippen molar-refractivity contribution in [2.75, 3.05) is 5.73 Å². The fraction of sp³-hybridized carbons (Fsp3) is 0.0667. The fourth-order valence-corrected chi connectivity index (χ4v) is 1.94. The van der Waals surface area contributed by atoms with Gasteiger partial charge in [-0.15, -0.1) is 0 Å². The average Bonchev–Trinajstić information content (AvgIpc) is 2.46. The highest BCUT2D eigenvalue weighted by Crippen LogP contribution is 2.20. The summed E-state index contributed by atoms with van der Waals surface area (Å²) in [5.74, 6) is 0.586. The van der Waals surface area contributed by atoms with E-state index in [1.165, 1.54) is 10.5 Å². The number of rotatable bonds is 3. The summed E-state index contributed by atoms with van der Waals surface area (Å²) in [6.07, 6.45) is 1.69. The molecule has 0 atom stereocenters. The molecule has 5 heteroatoms. The number of nitrogen functional groups attached to an aromatic ring is 1. The van der Waals surface area contributed by atoms with E-state index in [9.17, 15) is 4.79 Å². The number of hydrogen-bond acceptors (Lipinski definition) is 4. The summed E-state index contributed by atoms with van der Waals surface area (Å²) in [5, 5.41) is 0. The molecule has 2 heterocycles. The summed E-state index contributed by atoms with van der Waals surface area (Å²) in [6.45, 7) is 0.203. The average molecular weight is 267 g/mol. The maximum Gasteiger partial charge on any atom is 0.258 e. The number of nitrogens with zero attached hydrogens (tertiary/aromatic N) is 2. The number of hydrogen-bond donors (Lipinski definition) is 1. The van der Waals surface area contributed by atoms with E-state index in [0.29, 0.717) is 22.8 Å². The summed E-state index contributed by atoms with van der Waals surface area (Å²) in [7, 11) is 0. The summed E-state index contributed by atoms with van der Waals surface area (Å²) in [5.41, 5.74) is 7.40. The largest absolute Gasteiger partial charge is 0.485 e. The molecule has 0 saturated heterocycles. The van der Waals surface area contributed by atoms with Crippen LogP contribution in [0.25, 0.3) is 5.65 Å². The summed E-state index contributed by atoms with van der Waals surface area (Å²) in [4.78, 5) is 16.3. The lowest BCUT2D eigenvalue weighted by molar-refractivity contribution is 0.303. The second-order valence-electron chi connectivity index (χ2n) is 4.34. The van der Waals surface area contributed by atoms with Gasteiger partial charge in [-0.2, -0.15) is 0 Å². The molecule has 0 fully saturated rings. The molecule has 0 aliphatic carbocycles. The van der Waals surface area contributed by atoms with Crippen molar-refractivity contribution in [2.24, 2.45) is 0 Å². The topological polar surface area (TPSA) is 69.6 Å². The Morgan fingerprint density at radius 3 is 2.80 bits per heavy atom. The highest BCUT2D eigenvalue weighted by atomic mass is 16.5. The first kappa shape index (κ1) is 12.2. The Morgan fingerprint density at radius 2 is 1.95 bits per heavy atom. The van der Waals surface area contributed by atoms with Crippen LogP contribution in [0.1, 0.15) is 5.69 Å². The molecule has 2 aromatic heterocycles. The van der Waals surface area contributed by atoms with Crippen LogP contribution in [0.3, 0.4) is 0 Å². The lowest BCUT2D eigenvalue weighted by Gasteiger charge is -2.08. The van der Waals surface area contributed by atoms with Gasteiger partial charge in [0.15, 0.2) is 0 Å². The van der Waals surface area contributed by atoms with E-state index in [0.717, 1.165) is 0 Å². The second kappa shape index (κ2) is 5.05. The van der Waals surface area contributed by atoms with Crippen LogP contribution in [-0.2, 0) is 6.61 Å². The third kappa shape index (κ3) is 2.33. The van der Waals surface area contributed by atoms with E-state index < -0.39 is 0 Å². The van der Waals surface area contributed by atoms with Gasteiger partial charge in [0.2, 0.25) is 0 Å². The van der Waals surface area contributed by atoms with E-state index in [-0.39, 0.29) is 12.2 Å². The Labute approximate surface area is 115 Å². The van der Waals surface area contributed by atoms with Crippen molar-refractivity contribution in [1.82, 2.24) is 9.38 Å². The van der Waals surface area contributed by atoms with Gasteiger partial charge in [0.05, 0.1) is 11.4 Å². The molecular formula is C15H13N3O2. The minimum Gasteiger partial charge on any atom is -0.485 e. The van der Waals surface area contributed by atoms with Crippen LogP contribution in [0.15, 0.2) is 59.5 Å². The first-order chi connectivity index (χ1) is 9.74. The van der Waals surface area contributed by atoms with E-state index >= 15 is 0 Å². The van der Waals surface area contributed by atoms with Crippen LogP contribution < -0.4 is 16.0 Å². The van der Waals surface area contributed by atoms with Crippen molar-refractivity contribution in [2.45, 2.75) is 6.61 Å². The SMILES string of the molecule is Nc1ccccc1OCc1cc(=O)n2ccccc2n1. The molecule has 3 aromatic rings. The molecule has 0 aliphatic heterocycles. The molecule has 0 saturated carbocycles. The molecule has 0 aliphatic rings. The Balaban J connectivity index is 1.88. The van der Waals surface area contributed by atoms with Crippen LogP contribution in [0, 0.1) is 0 Å². The number of ether oxygens (including phenoxy) is 1. The van der Waals surface area contributed by atoms with Gasteiger partial charge < -0.3 is 10.5 Å². The lowest BCUT2D eigenvalue weighted by atomic mass is 10.3. The number of anilines is 1. The lowest BCUT2D eigenvalue weighted by Crippen LogP contribution is -2.16. The van der Waals surface area contributed by atoms with Gasteiger partial charge in [0, 0.05) is 12.3 Å². The van der Waals surface area contributed by atoms with Crippen LogP contribution in [0.2, 0.25) is 0 Å². The quantitative estimate of drug-likeness (QED) is 0.735. The van der Waals surface area contributed by atoms with Crippen LogP contribution in [-0.4, -0.2) is 9.38 Å². The molecule has 0 unspecified atom stereocenters. The third-order valence-corrected chi connectivity index (χ3v) is 2.92. The molecule has 5 nitrogen and oxygen atoms in total. The first-order valence-corrected chi connectivity index (χ1v) is 6.19. The minimum absolute atomic E-state index is 0.129. The molecule has 0 amide bonds. The first-order valence-electron chi connectivity index (χ1n) is 6.19. The Kier molecular flexibility index (Phi) is 3.09. The van der Waals surface area contributed by atoms with Gasteiger partial charge in [0.25, 0.3) is 5.56 Å². The van der Waals surface area contributed by atoms with Crippen molar-refractivity contribution in [3.8, 4) is 5.75 Å². The predicted octanol–water partition coefficient (Wildman–Crippen LogP) is 1.86. The van der Waals surface area contributed by atoms with Crippen molar-refractivity contribution in [3.05, 3.63) is 70.8 Å². The zero-order chi connectivity index (χ0) is 13.9. The minimum atomic E-state index is -0.129. The summed E-state index contributed by atoms with van der Waals surface area (Å²) in [6, 6.07) is 14.1. The number of para-hydroxylation sites is 2. The second-order valence-corrected chi connectivity index (χ2v) is 4.34. The molecule has 2 N–H and O–H groups in total. The molecule has 100 valence electrons. The maximum absolute atomic E-state index is 11.9. The molecule has 0 radical (unpaired) electrons. The smallest absolute Gasteiger partial charge is 0.258 e. The van der Waals surface area contributed by atoms with Gasteiger partial charge in [-0.05, 0) is 24.3 Å². The standard InChI is InChI=1S/C15H13N3O2/c16-12-5-1-2-6-13(12)20-10-11-9-15(19)18-8-4-3-7-14(18)17-11/h1-9H,10,16H2. The number of fused-ring (bicyclic) bond motifs is 1. The summed E-state index contributed by atoms with van der Waals surface area (Å²) < 4.78 is 7.08. The number of benzene rings is 1. The third-order valence-electron chi connectivity index (χ3n) is 2.92. The van der Waals surface area contributed by atoms with Crippen molar-refractivity contribution >= 4 is 11.3 Å². The van der Waals surface area contributed by atoms with Crippen molar-refractivity contribution in [1.29, 1.82) is 0 Å². The Hall–Kier alpha value is -2.82. The fourth-order valence-electron chi connectivity index (χ4n) is 1.94. The Bertz CT molecular complexity index is 811. The summed E-state index contributed by atoms with van der Waals surface area (Å²) >= 11 is 0. The van der Waals surface area contributed by atoms with Crippen molar-refractivity contribution < 1.29 is 4.74 Å². The van der Waals surface area contributed by atoms with Crippen LogP contribution >= 0.6 is 0 Å². The zero-order valence-electron chi connectivity index (χ0n) is 10.7. The molecule has 0 spiro atoms. The van der Waals surface area contributed by atoms with Gasteiger partial charge in [0.1, 0.15) is 18.0 Å². The molecular weight excluding hydrogens is 254 g/mol. The highest BCUT2D eigenvalue weighted by Gasteiger charge is 2.04. The van der Waals surface area contributed by atoms with Crippen molar-refractivity contribution in [3.63, 3.8) is 0 Å². The Morgan fingerprint density at radius 1 is 1.15 bits per heavy atom. The van der Waals surface area contributed by atoms with Gasteiger partial charge in [-0.3, -0.25) is 9.20 Å². The monoisotopic (exact) mass is 267 g/mol. The van der Waals surface area contributed by atoms with E-state index in [2.05, 4.69) is 4.98 Å². The number of nitrogens with two attached hydrogens (primary N) is 1. The van der Waals surface area contributed by atoms with E-state index in [1.807, 2.05) is 18.2 Å². The molecule has 1 aromatic carbocycles. The van der Waals surface area contributed by atoms with Gasteiger partial charge in [-0.25, -0.2) is 4.98 Å². The van der Waals surface area contributed by atoms with Crippen LogP contribution in [0.4, 0.5) is 5.69 Å².